The third kappa shape index (κ3) is 3.12. The van der Waals surface area contributed by atoms with Gasteiger partial charge in [-0.1, -0.05) is 20.8 Å². The van der Waals surface area contributed by atoms with Gasteiger partial charge in [-0.25, -0.2) is 0 Å². The van der Waals surface area contributed by atoms with Gasteiger partial charge in [-0.15, -0.1) is 0 Å². The molecule has 0 amide bonds. The van der Waals surface area contributed by atoms with Crippen LogP contribution in [0.1, 0.15) is 20.8 Å². The van der Waals surface area contributed by atoms with Crippen molar-refractivity contribution in [1.82, 2.24) is 0 Å². The van der Waals surface area contributed by atoms with Gasteiger partial charge in [0.1, 0.15) is 0 Å². The first kappa shape index (κ1) is 9.01. The lowest BCUT2D eigenvalue weighted by atomic mass is 9.90. The summed E-state index contributed by atoms with van der Waals surface area (Å²) in [5, 5.41) is 15.9. The molecule has 58 valence electrons. The molecule has 0 saturated heterocycles. The van der Waals surface area contributed by atoms with Crippen molar-refractivity contribution in [3.05, 3.63) is 12.0 Å². The standard InChI is InChI=1S/C7H14N2O/c1-7(2,3)5(8)4-6(9)10/h4,8,10H,9H2,1-3H3/b6-4-,8-5?. The summed E-state index contributed by atoms with van der Waals surface area (Å²) in [6.45, 7) is 5.65. The van der Waals surface area contributed by atoms with Crippen molar-refractivity contribution >= 4 is 5.71 Å². The van der Waals surface area contributed by atoms with E-state index in [0.717, 1.165) is 0 Å². The van der Waals surface area contributed by atoms with Crippen molar-refractivity contribution in [3.63, 3.8) is 0 Å². The molecule has 0 aliphatic heterocycles. The molecular formula is C7H14N2O. The van der Waals surface area contributed by atoms with Crippen LogP contribution in [0.4, 0.5) is 0 Å². The molecule has 3 nitrogen and oxygen atoms in total. The molecule has 0 aromatic carbocycles. The maximum absolute atomic E-state index is 8.58. The molecule has 0 aliphatic rings. The third-order valence-corrected chi connectivity index (χ3v) is 1.10. The normalized spacial score (nSPS) is 13.3. The van der Waals surface area contributed by atoms with Crippen LogP contribution >= 0.6 is 0 Å². The summed E-state index contributed by atoms with van der Waals surface area (Å²) in [4.78, 5) is 0. The largest absolute Gasteiger partial charge is 0.495 e. The van der Waals surface area contributed by atoms with Crippen LogP contribution in [0.5, 0.6) is 0 Å². The van der Waals surface area contributed by atoms with Crippen LogP contribution in [0.2, 0.25) is 0 Å². The van der Waals surface area contributed by atoms with Gasteiger partial charge >= 0.3 is 0 Å². The summed E-state index contributed by atoms with van der Waals surface area (Å²) in [5.41, 5.74) is 5.05. The highest BCUT2D eigenvalue weighted by Crippen LogP contribution is 2.15. The Morgan fingerprint density at radius 2 is 1.90 bits per heavy atom. The van der Waals surface area contributed by atoms with Crippen LogP contribution in [0.3, 0.4) is 0 Å². The predicted molar refractivity (Wildman–Crippen MR) is 42.1 cm³/mol. The predicted octanol–water partition coefficient (Wildman–Crippen LogP) is 1.41. The van der Waals surface area contributed by atoms with Crippen molar-refractivity contribution in [1.29, 1.82) is 5.41 Å². The maximum Gasteiger partial charge on any atom is 0.183 e. The van der Waals surface area contributed by atoms with Gasteiger partial charge in [0.15, 0.2) is 5.88 Å². The zero-order chi connectivity index (χ0) is 8.36. The Morgan fingerprint density at radius 3 is 2.00 bits per heavy atom. The zero-order valence-corrected chi connectivity index (χ0v) is 6.60. The molecule has 0 rings (SSSR count). The molecule has 0 atom stereocenters. The molecule has 4 N–H and O–H groups in total. The van der Waals surface area contributed by atoms with E-state index in [1.807, 2.05) is 20.8 Å². The zero-order valence-electron chi connectivity index (χ0n) is 6.60. The second kappa shape index (κ2) is 2.73. The Kier molecular flexibility index (Phi) is 2.46. The quantitative estimate of drug-likeness (QED) is 0.382. The van der Waals surface area contributed by atoms with E-state index in [9.17, 15) is 0 Å². The molecule has 10 heavy (non-hydrogen) atoms. The monoisotopic (exact) mass is 142 g/mol. The Bertz CT molecular complexity index is 161. The molecule has 0 saturated carbocycles. The fourth-order valence-corrected chi connectivity index (χ4v) is 0.364. The maximum atomic E-state index is 8.58. The fourth-order valence-electron chi connectivity index (χ4n) is 0.364. The van der Waals surface area contributed by atoms with Crippen LogP contribution in [-0.4, -0.2) is 10.8 Å². The van der Waals surface area contributed by atoms with E-state index in [2.05, 4.69) is 0 Å². The summed E-state index contributed by atoms with van der Waals surface area (Å²) < 4.78 is 0. The topological polar surface area (TPSA) is 70.1 Å². The number of nitrogens with one attached hydrogen (secondary N) is 1. The van der Waals surface area contributed by atoms with Crippen LogP contribution in [0.25, 0.3) is 0 Å². The molecule has 0 spiro atoms. The molecule has 0 aromatic rings. The number of hydrogen-bond acceptors (Lipinski definition) is 3. The first-order valence-electron chi connectivity index (χ1n) is 3.09. The van der Waals surface area contributed by atoms with E-state index in [1.165, 1.54) is 6.08 Å². The lowest BCUT2D eigenvalue weighted by molar-refractivity contribution is 0.405. The van der Waals surface area contributed by atoms with Crippen molar-refractivity contribution in [2.45, 2.75) is 20.8 Å². The Balaban J connectivity index is 4.27. The molecule has 3 heteroatoms. The average molecular weight is 142 g/mol. The van der Waals surface area contributed by atoms with Crippen LogP contribution in [-0.2, 0) is 0 Å². The first-order chi connectivity index (χ1) is 4.34. The summed E-state index contributed by atoms with van der Waals surface area (Å²) in [6.07, 6.45) is 1.25. The molecule has 0 aliphatic carbocycles. The molecular weight excluding hydrogens is 128 g/mol. The van der Waals surface area contributed by atoms with Gasteiger partial charge < -0.3 is 16.2 Å². The summed E-state index contributed by atoms with van der Waals surface area (Å²) >= 11 is 0. The highest BCUT2D eigenvalue weighted by molar-refractivity contribution is 5.96. The van der Waals surface area contributed by atoms with E-state index < -0.39 is 0 Å². The van der Waals surface area contributed by atoms with E-state index in [0.29, 0.717) is 5.71 Å². The third-order valence-electron chi connectivity index (χ3n) is 1.10. The minimum absolute atomic E-state index is 0.243. The van der Waals surface area contributed by atoms with E-state index in [-0.39, 0.29) is 11.3 Å². The average Bonchev–Trinajstić information content (AvgIpc) is 1.60. The molecule has 0 heterocycles. The van der Waals surface area contributed by atoms with Crippen LogP contribution in [0.15, 0.2) is 12.0 Å². The number of nitrogens with two attached hydrogens (primary N) is 1. The molecule has 0 unspecified atom stereocenters. The molecule has 0 fully saturated rings. The number of aliphatic hydroxyl groups is 1. The Labute approximate surface area is 61.1 Å². The van der Waals surface area contributed by atoms with Gasteiger partial charge in [0.2, 0.25) is 0 Å². The Morgan fingerprint density at radius 1 is 1.50 bits per heavy atom. The summed E-state index contributed by atoms with van der Waals surface area (Å²) in [7, 11) is 0. The fraction of sp³-hybridized carbons (Fsp3) is 0.571. The number of hydrogen-bond donors (Lipinski definition) is 3. The van der Waals surface area contributed by atoms with Crippen molar-refractivity contribution < 1.29 is 5.11 Å². The second-order valence-corrected chi connectivity index (χ2v) is 3.23. The lowest BCUT2D eigenvalue weighted by Gasteiger charge is -2.16. The smallest absolute Gasteiger partial charge is 0.183 e. The van der Waals surface area contributed by atoms with E-state index in [4.69, 9.17) is 16.2 Å². The van der Waals surface area contributed by atoms with Gasteiger partial charge in [-0.05, 0) is 0 Å². The van der Waals surface area contributed by atoms with Gasteiger partial charge in [-0.3, -0.25) is 0 Å². The van der Waals surface area contributed by atoms with Gasteiger partial charge in [0.25, 0.3) is 0 Å². The SMILES string of the molecule is CC(C)(C)C(=N)/C=C(/N)O. The molecule has 0 radical (unpaired) electrons. The highest BCUT2D eigenvalue weighted by Gasteiger charge is 2.14. The van der Waals surface area contributed by atoms with Gasteiger partial charge in [-0.2, -0.15) is 0 Å². The van der Waals surface area contributed by atoms with Crippen molar-refractivity contribution in [3.8, 4) is 0 Å². The highest BCUT2D eigenvalue weighted by atomic mass is 16.3. The molecule has 0 bridgehead atoms. The van der Waals surface area contributed by atoms with Crippen LogP contribution in [0, 0.1) is 10.8 Å². The minimum atomic E-state index is -0.306. The van der Waals surface area contributed by atoms with E-state index >= 15 is 0 Å². The number of aliphatic hydroxyl groups excluding tert-OH is 1. The molecule has 0 aromatic heterocycles. The summed E-state index contributed by atoms with van der Waals surface area (Å²) in [5.74, 6) is -0.306. The van der Waals surface area contributed by atoms with Crippen molar-refractivity contribution in [2.24, 2.45) is 11.1 Å². The lowest BCUT2D eigenvalue weighted by Crippen LogP contribution is -2.18. The minimum Gasteiger partial charge on any atom is -0.495 e. The van der Waals surface area contributed by atoms with E-state index in [1.54, 1.807) is 0 Å². The number of allylic oxidation sites excluding steroid dienone is 1. The van der Waals surface area contributed by atoms with Gasteiger partial charge in [0, 0.05) is 17.2 Å². The Hall–Kier alpha value is -0.990. The summed E-state index contributed by atoms with van der Waals surface area (Å²) in [6, 6.07) is 0. The van der Waals surface area contributed by atoms with Crippen molar-refractivity contribution in [2.75, 3.05) is 0 Å². The second-order valence-electron chi connectivity index (χ2n) is 3.23. The van der Waals surface area contributed by atoms with Crippen LogP contribution < -0.4 is 5.73 Å². The number of rotatable bonds is 1. The van der Waals surface area contributed by atoms with Gasteiger partial charge in [0.05, 0.1) is 0 Å². The first-order valence-corrected chi connectivity index (χ1v) is 3.09.